The van der Waals surface area contributed by atoms with Crippen LogP contribution in [0, 0.1) is 17.1 Å². The molecular formula is C16H13FN2. The summed E-state index contributed by atoms with van der Waals surface area (Å²) in [7, 11) is 0. The van der Waals surface area contributed by atoms with Crippen molar-refractivity contribution in [2.45, 2.75) is 12.8 Å². The van der Waals surface area contributed by atoms with Crippen LogP contribution < -0.4 is 4.90 Å². The smallest absolute Gasteiger partial charge is 0.124 e. The molecule has 0 aromatic heterocycles. The van der Waals surface area contributed by atoms with E-state index < -0.39 is 0 Å². The van der Waals surface area contributed by atoms with Gasteiger partial charge in [-0.3, -0.25) is 0 Å². The van der Waals surface area contributed by atoms with E-state index >= 15 is 0 Å². The van der Waals surface area contributed by atoms with Gasteiger partial charge in [-0.15, -0.1) is 0 Å². The molecule has 94 valence electrons. The van der Waals surface area contributed by atoms with Crippen molar-refractivity contribution in [3.05, 3.63) is 59.4 Å². The Morgan fingerprint density at radius 3 is 2.79 bits per heavy atom. The second kappa shape index (κ2) is 4.74. The fourth-order valence-corrected chi connectivity index (χ4v) is 2.62. The predicted octanol–water partition coefficient (Wildman–Crippen LogP) is 3.78. The highest BCUT2D eigenvalue weighted by Gasteiger charge is 2.20. The van der Waals surface area contributed by atoms with Crippen LogP contribution in [0.15, 0.2) is 42.5 Å². The van der Waals surface area contributed by atoms with Crippen LogP contribution in [0.4, 0.5) is 15.8 Å². The molecule has 3 rings (SSSR count). The summed E-state index contributed by atoms with van der Waals surface area (Å²) >= 11 is 0. The van der Waals surface area contributed by atoms with Gasteiger partial charge in [-0.2, -0.15) is 5.26 Å². The number of rotatable bonds is 1. The number of anilines is 2. The van der Waals surface area contributed by atoms with Crippen molar-refractivity contribution in [1.29, 1.82) is 5.26 Å². The van der Waals surface area contributed by atoms with Gasteiger partial charge in [0, 0.05) is 12.2 Å². The Bertz CT molecular complexity index is 658. The summed E-state index contributed by atoms with van der Waals surface area (Å²) in [6.07, 6.45) is 2.09. The summed E-state index contributed by atoms with van der Waals surface area (Å²) < 4.78 is 13.2. The number of para-hydroxylation sites is 1. The van der Waals surface area contributed by atoms with E-state index in [4.69, 9.17) is 0 Å². The van der Waals surface area contributed by atoms with E-state index in [1.54, 1.807) is 6.07 Å². The lowest BCUT2D eigenvalue weighted by atomic mass is 10.00. The predicted molar refractivity (Wildman–Crippen MR) is 72.9 cm³/mol. The Morgan fingerprint density at radius 2 is 1.95 bits per heavy atom. The number of hydrogen-bond donors (Lipinski definition) is 0. The molecule has 0 radical (unpaired) electrons. The molecule has 0 amide bonds. The number of aryl methyl sites for hydroxylation is 1. The average Bonchev–Trinajstić information content (AvgIpc) is 2.46. The van der Waals surface area contributed by atoms with Crippen molar-refractivity contribution < 1.29 is 4.39 Å². The molecule has 19 heavy (non-hydrogen) atoms. The van der Waals surface area contributed by atoms with Gasteiger partial charge in [-0.25, -0.2) is 4.39 Å². The quantitative estimate of drug-likeness (QED) is 0.772. The lowest BCUT2D eigenvalue weighted by Crippen LogP contribution is -2.25. The maximum Gasteiger partial charge on any atom is 0.124 e. The highest BCUT2D eigenvalue weighted by Crippen LogP contribution is 2.35. The number of nitriles is 1. The summed E-state index contributed by atoms with van der Waals surface area (Å²) in [6.45, 7) is 0.858. The van der Waals surface area contributed by atoms with Crippen molar-refractivity contribution >= 4 is 11.4 Å². The number of hydrogen-bond acceptors (Lipinski definition) is 2. The molecule has 0 saturated heterocycles. The lowest BCUT2D eigenvalue weighted by molar-refractivity contribution is 0.627. The van der Waals surface area contributed by atoms with Gasteiger partial charge >= 0.3 is 0 Å². The number of nitrogens with zero attached hydrogens (tertiary/aromatic N) is 2. The molecule has 2 nitrogen and oxygen atoms in total. The van der Waals surface area contributed by atoms with Crippen LogP contribution in [0.2, 0.25) is 0 Å². The van der Waals surface area contributed by atoms with Crippen LogP contribution in [-0.2, 0) is 6.42 Å². The van der Waals surface area contributed by atoms with Crippen LogP contribution in [0.5, 0.6) is 0 Å². The van der Waals surface area contributed by atoms with Crippen LogP contribution in [0.3, 0.4) is 0 Å². The van der Waals surface area contributed by atoms with Crippen molar-refractivity contribution in [3.63, 3.8) is 0 Å². The summed E-state index contributed by atoms with van der Waals surface area (Å²) in [6, 6.07) is 14.7. The van der Waals surface area contributed by atoms with E-state index in [-0.39, 0.29) is 5.82 Å². The number of halogens is 1. The Balaban J connectivity index is 2.12. The first-order valence-electron chi connectivity index (χ1n) is 6.34. The van der Waals surface area contributed by atoms with Crippen molar-refractivity contribution in [3.8, 4) is 6.07 Å². The fraction of sp³-hybridized carbons (Fsp3) is 0.188. The van der Waals surface area contributed by atoms with Crippen LogP contribution in [0.25, 0.3) is 0 Å². The fourth-order valence-electron chi connectivity index (χ4n) is 2.62. The molecule has 3 heteroatoms. The van der Waals surface area contributed by atoms with E-state index in [0.29, 0.717) is 5.56 Å². The van der Waals surface area contributed by atoms with Crippen molar-refractivity contribution in [2.24, 2.45) is 0 Å². The zero-order chi connectivity index (χ0) is 13.2. The second-order valence-electron chi connectivity index (χ2n) is 4.66. The van der Waals surface area contributed by atoms with Gasteiger partial charge in [-0.1, -0.05) is 18.2 Å². The molecule has 0 bridgehead atoms. The Hall–Kier alpha value is -2.34. The number of fused-ring (bicyclic) bond motifs is 1. The molecule has 0 atom stereocenters. The maximum atomic E-state index is 13.2. The summed E-state index contributed by atoms with van der Waals surface area (Å²) in [5.41, 5.74) is 3.58. The summed E-state index contributed by atoms with van der Waals surface area (Å²) in [5, 5.41) is 9.18. The second-order valence-corrected chi connectivity index (χ2v) is 4.66. The van der Waals surface area contributed by atoms with E-state index in [9.17, 15) is 9.65 Å². The highest BCUT2D eigenvalue weighted by molar-refractivity contribution is 5.72. The zero-order valence-electron chi connectivity index (χ0n) is 10.4. The Labute approximate surface area is 111 Å². The van der Waals surface area contributed by atoms with Crippen molar-refractivity contribution in [1.82, 2.24) is 0 Å². The third kappa shape index (κ3) is 2.06. The number of benzene rings is 2. The zero-order valence-corrected chi connectivity index (χ0v) is 10.4. The normalized spacial score (nSPS) is 13.8. The van der Waals surface area contributed by atoms with E-state index in [1.165, 1.54) is 17.7 Å². The van der Waals surface area contributed by atoms with Gasteiger partial charge < -0.3 is 4.90 Å². The van der Waals surface area contributed by atoms with Crippen LogP contribution >= 0.6 is 0 Å². The van der Waals surface area contributed by atoms with Gasteiger partial charge in [0.05, 0.1) is 11.3 Å². The summed E-state index contributed by atoms with van der Waals surface area (Å²) in [5.74, 6) is -0.370. The molecule has 2 aromatic carbocycles. The van der Waals surface area contributed by atoms with Gasteiger partial charge in [0.1, 0.15) is 11.9 Å². The SMILES string of the molecule is N#Cc1cc(F)ccc1N1CCCc2ccccc21. The molecular weight excluding hydrogens is 239 g/mol. The van der Waals surface area contributed by atoms with Crippen LogP contribution in [-0.4, -0.2) is 6.54 Å². The molecule has 0 spiro atoms. The van der Waals surface area contributed by atoms with Gasteiger partial charge in [0.25, 0.3) is 0 Å². The van der Waals surface area contributed by atoms with Crippen LogP contribution in [0.1, 0.15) is 17.5 Å². The third-order valence-electron chi connectivity index (χ3n) is 3.48. The first kappa shape index (κ1) is 11.7. The Morgan fingerprint density at radius 1 is 1.11 bits per heavy atom. The van der Waals surface area contributed by atoms with Crippen molar-refractivity contribution in [2.75, 3.05) is 11.4 Å². The largest absolute Gasteiger partial charge is 0.340 e. The molecule has 0 saturated carbocycles. The molecule has 1 aliphatic rings. The monoisotopic (exact) mass is 252 g/mol. The standard InChI is InChI=1S/C16H13FN2/c17-14-7-8-16(13(10-14)11-18)19-9-3-5-12-4-1-2-6-15(12)19/h1-2,4,6-8,10H,3,5,9H2. The topological polar surface area (TPSA) is 27.0 Å². The molecule has 0 N–H and O–H groups in total. The van der Waals surface area contributed by atoms with Gasteiger partial charge in [0.2, 0.25) is 0 Å². The minimum Gasteiger partial charge on any atom is -0.340 e. The van der Waals surface area contributed by atoms with E-state index in [2.05, 4.69) is 23.1 Å². The first-order valence-corrected chi connectivity index (χ1v) is 6.34. The molecule has 0 fully saturated rings. The Kier molecular flexibility index (Phi) is 2.92. The lowest BCUT2D eigenvalue weighted by Gasteiger charge is -2.31. The molecule has 1 aliphatic heterocycles. The third-order valence-corrected chi connectivity index (χ3v) is 3.48. The minimum absolute atomic E-state index is 0.370. The summed E-state index contributed by atoms with van der Waals surface area (Å²) in [4.78, 5) is 2.11. The molecule has 2 aromatic rings. The molecule has 1 heterocycles. The molecule has 0 aliphatic carbocycles. The van der Waals surface area contributed by atoms with E-state index in [1.807, 2.05) is 12.1 Å². The average molecular weight is 252 g/mol. The van der Waals surface area contributed by atoms with E-state index in [0.717, 1.165) is 30.8 Å². The van der Waals surface area contributed by atoms with Gasteiger partial charge in [-0.05, 0) is 42.7 Å². The highest BCUT2D eigenvalue weighted by atomic mass is 19.1. The minimum atomic E-state index is -0.370. The molecule has 0 unspecified atom stereocenters. The van der Waals surface area contributed by atoms with Gasteiger partial charge in [0.15, 0.2) is 0 Å². The first-order chi connectivity index (χ1) is 9.29. The maximum absolute atomic E-state index is 13.2.